The van der Waals surface area contributed by atoms with Crippen LogP contribution in [0.3, 0.4) is 0 Å². The fourth-order valence-corrected chi connectivity index (χ4v) is 5.24. The van der Waals surface area contributed by atoms with Crippen LogP contribution in [-0.2, 0) is 12.6 Å². The van der Waals surface area contributed by atoms with E-state index in [1.54, 1.807) is 12.1 Å². The van der Waals surface area contributed by atoms with Crippen molar-refractivity contribution >= 4 is 11.0 Å². The standard InChI is InChI=1S/C25H26F3N3/c1-16-10-20(14-24(2,3)13-16)31-22-9-6-18(15-29)11-21(22)30-23(31)12-17-4-7-19(8-5-17)25(26,27)28/h4-9,11,16,20H,10,12-14H2,1-3H3/t16-,20+/m0/s1. The van der Waals surface area contributed by atoms with Crippen LogP contribution < -0.4 is 0 Å². The number of alkyl halides is 3. The highest BCUT2D eigenvalue weighted by Crippen LogP contribution is 2.45. The number of nitriles is 1. The Morgan fingerprint density at radius 2 is 1.84 bits per heavy atom. The highest BCUT2D eigenvalue weighted by Gasteiger charge is 2.34. The predicted molar refractivity (Wildman–Crippen MR) is 115 cm³/mol. The maximum Gasteiger partial charge on any atom is 0.416 e. The number of imidazole rings is 1. The molecule has 0 amide bonds. The molecular formula is C25H26F3N3. The van der Waals surface area contributed by atoms with Crippen molar-refractivity contribution in [3.05, 3.63) is 65.0 Å². The molecule has 4 rings (SSSR count). The van der Waals surface area contributed by atoms with Crippen LogP contribution in [0, 0.1) is 22.7 Å². The van der Waals surface area contributed by atoms with Crippen molar-refractivity contribution < 1.29 is 13.2 Å². The molecule has 1 aliphatic carbocycles. The van der Waals surface area contributed by atoms with E-state index < -0.39 is 11.7 Å². The topological polar surface area (TPSA) is 41.6 Å². The number of nitrogens with zero attached hydrogens (tertiary/aromatic N) is 3. The summed E-state index contributed by atoms with van der Waals surface area (Å²) in [6.45, 7) is 6.85. The second kappa shape index (κ2) is 7.71. The van der Waals surface area contributed by atoms with Gasteiger partial charge in [0.2, 0.25) is 0 Å². The summed E-state index contributed by atoms with van der Waals surface area (Å²) >= 11 is 0. The van der Waals surface area contributed by atoms with Crippen molar-refractivity contribution in [3.63, 3.8) is 0 Å². The van der Waals surface area contributed by atoms with Crippen LogP contribution in [0.1, 0.15) is 68.6 Å². The molecule has 162 valence electrons. The van der Waals surface area contributed by atoms with E-state index in [2.05, 4.69) is 31.4 Å². The Morgan fingerprint density at radius 1 is 1.13 bits per heavy atom. The number of aromatic nitrogens is 2. The van der Waals surface area contributed by atoms with E-state index in [0.717, 1.165) is 47.4 Å². The minimum atomic E-state index is -4.34. The molecule has 0 radical (unpaired) electrons. The Hall–Kier alpha value is -2.81. The van der Waals surface area contributed by atoms with Gasteiger partial charge in [0.1, 0.15) is 5.82 Å². The van der Waals surface area contributed by atoms with Crippen LogP contribution >= 0.6 is 0 Å². The summed E-state index contributed by atoms with van der Waals surface area (Å²) in [4.78, 5) is 4.83. The molecule has 0 aliphatic heterocycles. The molecule has 1 fully saturated rings. The van der Waals surface area contributed by atoms with Gasteiger partial charge in [-0.2, -0.15) is 18.4 Å². The van der Waals surface area contributed by atoms with Crippen LogP contribution in [-0.4, -0.2) is 9.55 Å². The van der Waals surface area contributed by atoms with Crippen molar-refractivity contribution in [1.29, 1.82) is 5.26 Å². The summed E-state index contributed by atoms with van der Waals surface area (Å²) in [5.41, 5.74) is 2.64. The van der Waals surface area contributed by atoms with Crippen LogP contribution in [0.25, 0.3) is 11.0 Å². The van der Waals surface area contributed by atoms with E-state index >= 15 is 0 Å². The van der Waals surface area contributed by atoms with Gasteiger partial charge in [-0.25, -0.2) is 4.98 Å². The van der Waals surface area contributed by atoms with E-state index in [0.29, 0.717) is 17.9 Å². The zero-order chi connectivity index (χ0) is 22.4. The van der Waals surface area contributed by atoms with Gasteiger partial charge in [0.05, 0.1) is 28.2 Å². The minimum absolute atomic E-state index is 0.206. The first kappa shape index (κ1) is 21.4. The highest BCUT2D eigenvalue weighted by molar-refractivity contribution is 5.78. The fourth-order valence-electron chi connectivity index (χ4n) is 5.24. The monoisotopic (exact) mass is 425 g/mol. The number of benzene rings is 2. The average Bonchev–Trinajstić information content (AvgIpc) is 3.02. The van der Waals surface area contributed by atoms with Crippen LogP contribution in [0.4, 0.5) is 13.2 Å². The summed E-state index contributed by atoms with van der Waals surface area (Å²) in [5.74, 6) is 1.41. The molecule has 1 saturated carbocycles. The van der Waals surface area contributed by atoms with Crippen molar-refractivity contribution in [2.45, 2.75) is 58.7 Å². The molecule has 1 aliphatic rings. The molecule has 2 atom stereocenters. The molecule has 0 bridgehead atoms. The van der Waals surface area contributed by atoms with Gasteiger partial charge in [0, 0.05) is 12.5 Å². The zero-order valence-corrected chi connectivity index (χ0v) is 18.0. The first-order valence-corrected chi connectivity index (χ1v) is 10.6. The summed E-state index contributed by atoms with van der Waals surface area (Å²) in [5, 5.41) is 9.28. The SMILES string of the molecule is C[C@H]1C[C@@H](n2c(Cc3ccc(C(F)(F)F)cc3)nc3cc(C#N)ccc32)CC(C)(C)C1. The molecule has 2 aromatic carbocycles. The van der Waals surface area contributed by atoms with Crippen molar-refractivity contribution in [3.8, 4) is 6.07 Å². The Morgan fingerprint density at radius 3 is 2.45 bits per heavy atom. The van der Waals surface area contributed by atoms with Crippen molar-refractivity contribution in [1.82, 2.24) is 9.55 Å². The maximum atomic E-state index is 12.9. The minimum Gasteiger partial charge on any atom is -0.325 e. The number of fused-ring (bicyclic) bond motifs is 1. The van der Waals surface area contributed by atoms with Gasteiger partial charge in [0.15, 0.2) is 0 Å². The molecule has 0 spiro atoms. The summed E-state index contributed by atoms with van der Waals surface area (Å²) < 4.78 is 41.1. The molecule has 6 heteroatoms. The summed E-state index contributed by atoms with van der Waals surface area (Å²) in [6.07, 6.45) is -0.677. The Kier molecular flexibility index (Phi) is 5.33. The molecule has 1 aromatic heterocycles. The van der Waals surface area contributed by atoms with Crippen LogP contribution in [0.2, 0.25) is 0 Å². The Bertz CT molecular complexity index is 1130. The fraction of sp³-hybridized carbons (Fsp3) is 0.440. The molecule has 1 heterocycles. The molecular weight excluding hydrogens is 399 g/mol. The van der Waals surface area contributed by atoms with Crippen LogP contribution in [0.5, 0.6) is 0 Å². The van der Waals surface area contributed by atoms with Crippen LogP contribution in [0.15, 0.2) is 42.5 Å². The van der Waals surface area contributed by atoms with E-state index in [1.807, 2.05) is 6.07 Å². The average molecular weight is 425 g/mol. The van der Waals surface area contributed by atoms with E-state index in [4.69, 9.17) is 4.98 Å². The number of hydrogen-bond donors (Lipinski definition) is 0. The largest absolute Gasteiger partial charge is 0.416 e. The smallest absolute Gasteiger partial charge is 0.325 e. The van der Waals surface area contributed by atoms with Gasteiger partial charge >= 0.3 is 6.18 Å². The lowest BCUT2D eigenvalue weighted by molar-refractivity contribution is -0.137. The van der Waals surface area contributed by atoms with Crippen molar-refractivity contribution in [2.75, 3.05) is 0 Å². The van der Waals surface area contributed by atoms with Gasteiger partial charge < -0.3 is 4.57 Å². The molecule has 0 unspecified atom stereocenters. The zero-order valence-electron chi connectivity index (χ0n) is 18.0. The van der Waals surface area contributed by atoms with E-state index in [9.17, 15) is 18.4 Å². The third-order valence-electron chi connectivity index (χ3n) is 6.26. The number of halogens is 3. The van der Waals surface area contributed by atoms with Gasteiger partial charge in [0.25, 0.3) is 0 Å². The van der Waals surface area contributed by atoms with Gasteiger partial charge in [-0.05, 0) is 66.5 Å². The molecule has 3 aromatic rings. The lowest BCUT2D eigenvalue weighted by atomic mass is 9.70. The molecule has 31 heavy (non-hydrogen) atoms. The van der Waals surface area contributed by atoms with Gasteiger partial charge in [-0.3, -0.25) is 0 Å². The van der Waals surface area contributed by atoms with Crippen molar-refractivity contribution in [2.24, 2.45) is 11.3 Å². The highest BCUT2D eigenvalue weighted by atomic mass is 19.4. The molecule has 3 nitrogen and oxygen atoms in total. The number of rotatable bonds is 3. The second-order valence-electron chi connectivity index (χ2n) is 9.65. The predicted octanol–water partition coefficient (Wildman–Crippen LogP) is 6.90. The number of hydrogen-bond acceptors (Lipinski definition) is 2. The summed E-state index contributed by atoms with van der Waals surface area (Å²) in [6, 6.07) is 13.3. The second-order valence-corrected chi connectivity index (χ2v) is 9.65. The molecule has 0 N–H and O–H groups in total. The third-order valence-corrected chi connectivity index (χ3v) is 6.26. The first-order chi connectivity index (χ1) is 14.6. The Labute approximate surface area is 180 Å². The quantitative estimate of drug-likeness (QED) is 0.458. The van der Waals surface area contributed by atoms with E-state index in [1.165, 1.54) is 18.6 Å². The maximum absolute atomic E-state index is 12.9. The normalized spacial score (nSPS) is 21.2. The summed E-state index contributed by atoms with van der Waals surface area (Å²) in [7, 11) is 0. The lowest BCUT2D eigenvalue weighted by Gasteiger charge is -2.40. The Balaban J connectivity index is 1.77. The lowest BCUT2D eigenvalue weighted by Crippen LogP contribution is -2.30. The van der Waals surface area contributed by atoms with Gasteiger partial charge in [-0.15, -0.1) is 0 Å². The molecule has 0 saturated heterocycles. The first-order valence-electron chi connectivity index (χ1n) is 10.6. The third kappa shape index (κ3) is 4.46. The van der Waals surface area contributed by atoms with Gasteiger partial charge in [-0.1, -0.05) is 32.9 Å². The van der Waals surface area contributed by atoms with E-state index in [-0.39, 0.29) is 11.5 Å².